The monoisotopic (exact) mass is 300 g/mol. The molecule has 0 radical (unpaired) electrons. The van der Waals surface area contributed by atoms with Crippen LogP contribution in [0.3, 0.4) is 0 Å². The van der Waals surface area contributed by atoms with Crippen LogP contribution in [-0.2, 0) is 9.53 Å². The van der Waals surface area contributed by atoms with E-state index in [9.17, 15) is 18.0 Å². The molecule has 0 fully saturated rings. The van der Waals surface area contributed by atoms with Gasteiger partial charge in [-0.3, -0.25) is 4.79 Å². The molecular formula is C13H11F3N2O3. The fourth-order valence-electron chi connectivity index (χ4n) is 1.53. The number of nitrogens with zero attached hydrogens (tertiary/aromatic N) is 1. The van der Waals surface area contributed by atoms with E-state index in [1.54, 1.807) is 30.5 Å². The van der Waals surface area contributed by atoms with Gasteiger partial charge in [0.05, 0.1) is 6.20 Å². The minimum Gasteiger partial charge on any atom is -0.444 e. The summed E-state index contributed by atoms with van der Waals surface area (Å²) in [6.07, 6.45) is -1.61. The molecule has 0 atom stereocenters. The van der Waals surface area contributed by atoms with E-state index in [-0.39, 0.29) is 0 Å². The lowest BCUT2D eigenvalue weighted by atomic mass is 10.2. The molecule has 21 heavy (non-hydrogen) atoms. The molecule has 1 heterocycles. The summed E-state index contributed by atoms with van der Waals surface area (Å²) in [5.41, 5.74) is 1.21. The molecule has 1 aromatic heterocycles. The van der Waals surface area contributed by atoms with E-state index in [1.807, 2.05) is 0 Å². The Morgan fingerprint density at radius 1 is 1.29 bits per heavy atom. The predicted molar refractivity (Wildman–Crippen MR) is 67.4 cm³/mol. The van der Waals surface area contributed by atoms with Crippen molar-refractivity contribution < 1.29 is 27.1 Å². The van der Waals surface area contributed by atoms with Crippen molar-refractivity contribution in [2.45, 2.75) is 6.18 Å². The molecule has 0 saturated carbocycles. The van der Waals surface area contributed by atoms with Gasteiger partial charge < -0.3 is 14.5 Å². The number of halogens is 3. The van der Waals surface area contributed by atoms with Crippen LogP contribution in [0.1, 0.15) is 0 Å². The molecule has 2 rings (SSSR count). The number of anilines is 1. The number of ether oxygens (including phenoxy) is 1. The first kappa shape index (κ1) is 15.0. The van der Waals surface area contributed by atoms with E-state index in [2.05, 4.69) is 15.0 Å². The van der Waals surface area contributed by atoms with Crippen molar-refractivity contribution in [2.24, 2.45) is 0 Å². The first-order valence-electron chi connectivity index (χ1n) is 5.87. The van der Waals surface area contributed by atoms with Gasteiger partial charge in [0.15, 0.2) is 12.2 Å². The highest BCUT2D eigenvalue weighted by atomic mass is 19.4. The van der Waals surface area contributed by atoms with Gasteiger partial charge in [-0.15, -0.1) is 0 Å². The molecular weight excluding hydrogens is 289 g/mol. The molecule has 8 heteroatoms. The molecule has 1 aromatic carbocycles. The smallest absolute Gasteiger partial charge is 0.411 e. The zero-order valence-corrected chi connectivity index (χ0v) is 10.7. The Morgan fingerprint density at radius 2 is 2.00 bits per heavy atom. The van der Waals surface area contributed by atoms with Gasteiger partial charge in [-0.2, -0.15) is 13.2 Å². The number of benzene rings is 1. The third-order valence-corrected chi connectivity index (χ3v) is 2.38. The molecule has 0 aliphatic heterocycles. The number of oxazole rings is 1. The number of amides is 1. The van der Waals surface area contributed by atoms with E-state index in [4.69, 9.17) is 4.42 Å². The van der Waals surface area contributed by atoms with Crippen LogP contribution in [0.25, 0.3) is 11.3 Å². The Balaban J connectivity index is 1.84. The molecule has 112 valence electrons. The zero-order valence-electron chi connectivity index (χ0n) is 10.7. The highest BCUT2D eigenvalue weighted by Crippen LogP contribution is 2.20. The zero-order chi connectivity index (χ0) is 15.3. The molecule has 0 unspecified atom stereocenters. The average molecular weight is 300 g/mol. The van der Waals surface area contributed by atoms with E-state index >= 15 is 0 Å². The Kier molecular flexibility index (Phi) is 4.59. The molecule has 5 nitrogen and oxygen atoms in total. The Hall–Kier alpha value is -2.35. The summed E-state index contributed by atoms with van der Waals surface area (Å²) in [6, 6.07) is 6.57. The topological polar surface area (TPSA) is 64.4 Å². The summed E-state index contributed by atoms with van der Waals surface area (Å²) in [6.45, 7) is -2.12. The highest BCUT2D eigenvalue weighted by molar-refractivity contribution is 5.91. The van der Waals surface area contributed by atoms with Crippen LogP contribution < -0.4 is 5.32 Å². The SMILES string of the molecule is O=C(COCC(F)(F)F)Nc1ccc(-c2cnco2)cc1. The predicted octanol–water partition coefficient (Wildman–Crippen LogP) is 2.86. The minimum atomic E-state index is -4.45. The summed E-state index contributed by atoms with van der Waals surface area (Å²) in [5, 5.41) is 2.42. The molecule has 0 spiro atoms. The van der Waals surface area contributed by atoms with Crippen molar-refractivity contribution in [3.63, 3.8) is 0 Å². The van der Waals surface area contributed by atoms with Gasteiger partial charge in [0, 0.05) is 11.3 Å². The summed E-state index contributed by atoms with van der Waals surface area (Å²) in [4.78, 5) is 15.2. The quantitative estimate of drug-likeness (QED) is 0.922. The lowest BCUT2D eigenvalue weighted by molar-refractivity contribution is -0.174. The van der Waals surface area contributed by atoms with E-state index < -0.39 is 25.3 Å². The maximum Gasteiger partial charge on any atom is 0.411 e. The first-order chi connectivity index (χ1) is 9.94. The summed E-state index contributed by atoms with van der Waals surface area (Å²) in [7, 11) is 0. The van der Waals surface area contributed by atoms with E-state index in [0.29, 0.717) is 11.4 Å². The molecule has 1 N–H and O–H groups in total. The fourth-order valence-corrected chi connectivity index (χ4v) is 1.53. The van der Waals surface area contributed by atoms with Gasteiger partial charge in [-0.25, -0.2) is 4.98 Å². The molecule has 0 aliphatic rings. The van der Waals surface area contributed by atoms with Crippen LogP contribution in [0.15, 0.2) is 41.3 Å². The van der Waals surface area contributed by atoms with Gasteiger partial charge in [-0.1, -0.05) is 0 Å². The lowest BCUT2D eigenvalue weighted by Gasteiger charge is -2.08. The maximum atomic E-state index is 11.8. The van der Waals surface area contributed by atoms with Crippen molar-refractivity contribution in [1.29, 1.82) is 0 Å². The van der Waals surface area contributed by atoms with Crippen molar-refractivity contribution >= 4 is 11.6 Å². The molecule has 2 aromatic rings. The van der Waals surface area contributed by atoms with Gasteiger partial charge in [-0.05, 0) is 24.3 Å². The van der Waals surface area contributed by atoms with Crippen LogP contribution in [0.2, 0.25) is 0 Å². The third kappa shape index (κ3) is 4.92. The normalized spacial score (nSPS) is 11.4. The van der Waals surface area contributed by atoms with Crippen molar-refractivity contribution in [3.05, 3.63) is 36.9 Å². The number of nitrogens with one attached hydrogen (secondary N) is 1. The van der Waals surface area contributed by atoms with Crippen molar-refractivity contribution in [3.8, 4) is 11.3 Å². The van der Waals surface area contributed by atoms with Crippen molar-refractivity contribution in [2.75, 3.05) is 18.5 Å². The second-order valence-electron chi connectivity index (χ2n) is 4.10. The molecule has 0 saturated heterocycles. The Bertz CT molecular complexity index is 580. The van der Waals surface area contributed by atoms with Crippen molar-refractivity contribution in [1.82, 2.24) is 4.98 Å². The van der Waals surface area contributed by atoms with Gasteiger partial charge in [0.2, 0.25) is 5.91 Å². The maximum absolute atomic E-state index is 11.8. The number of aromatic nitrogens is 1. The molecule has 0 bridgehead atoms. The largest absolute Gasteiger partial charge is 0.444 e. The van der Waals surface area contributed by atoms with Gasteiger partial charge in [0.25, 0.3) is 0 Å². The highest BCUT2D eigenvalue weighted by Gasteiger charge is 2.27. The van der Waals surface area contributed by atoms with Crippen LogP contribution in [-0.4, -0.2) is 30.3 Å². The third-order valence-electron chi connectivity index (χ3n) is 2.38. The Labute approximate surface area is 117 Å². The summed E-state index contributed by atoms with van der Waals surface area (Å²) in [5.74, 6) is -0.0898. The van der Waals surface area contributed by atoms with Crippen LogP contribution in [0.4, 0.5) is 18.9 Å². The average Bonchev–Trinajstić information content (AvgIpc) is 2.92. The van der Waals surface area contributed by atoms with Crippen LogP contribution in [0.5, 0.6) is 0 Å². The first-order valence-corrected chi connectivity index (χ1v) is 5.87. The lowest BCUT2D eigenvalue weighted by Crippen LogP contribution is -2.23. The standard InChI is InChI=1S/C13H11F3N2O3/c14-13(15,16)7-20-6-12(19)18-10-3-1-9(2-4-10)11-5-17-8-21-11/h1-5,8H,6-7H2,(H,18,19). The van der Waals surface area contributed by atoms with E-state index in [0.717, 1.165) is 5.56 Å². The van der Waals surface area contributed by atoms with Gasteiger partial charge >= 0.3 is 6.18 Å². The van der Waals surface area contributed by atoms with Crippen LogP contribution in [0, 0.1) is 0 Å². The fraction of sp³-hybridized carbons (Fsp3) is 0.231. The number of carbonyl (C=O) groups is 1. The number of alkyl halides is 3. The van der Waals surface area contributed by atoms with Gasteiger partial charge in [0.1, 0.15) is 13.2 Å². The molecule has 0 aliphatic carbocycles. The number of carbonyl (C=O) groups excluding carboxylic acids is 1. The Morgan fingerprint density at radius 3 is 2.57 bits per heavy atom. The number of rotatable bonds is 5. The summed E-state index contributed by atoms with van der Waals surface area (Å²) < 4.78 is 44.9. The summed E-state index contributed by atoms with van der Waals surface area (Å²) >= 11 is 0. The van der Waals surface area contributed by atoms with Crippen LogP contribution >= 0.6 is 0 Å². The second-order valence-corrected chi connectivity index (χ2v) is 4.10. The minimum absolute atomic E-state index is 0.443. The second kappa shape index (κ2) is 6.40. The number of hydrogen-bond donors (Lipinski definition) is 1. The number of hydrogen-bond acceptors (Lipinski definition) is 4. The molecule has 1 amide bonds. The van der Waals surface area contributed by atoms with E-state index in [1.165, 1.54) is 6.39 Å².